The summed E-state index contributed by atoms with van der Waals surface area (Å²) in [6, 6.07) is 13.6. The van der Waals surface area contributed by atoms with Crippen molar-refractivity contribution in [3.8, 4) is 0 Å². The van der Waals surface area contributed by atoms with Gasteiger partial charge in [-0.2, -0.15) is 8.42 Å². The van der Waals surface area contributed by atoms with E-state index in [9.17, 15) is 13.2 Å². The predicted molar refractivity (Wildman–Crippen MR) is 84.5 cm³/mol. The van der Waals surface area contributed by atoms with Crippen LogP contribution in [0.2, 0.25) is 0 Å². The highest BCUT2D eigenvalue weighted by Crippen LogP contribution is 2.08. The number of hydrogen-bond acceptors (Lipinski definition) is 3. The van der Waals surface area contributed by atoms with Gasteiger partial charge in [-0.05, 0) is 31.2 Å². The maximum absolute atomic E-state index is 11.0. The molecule has 0 atom stereocenters. The fraction of sp³-hybridized carbons (Fsp3) is 0.133. The van der Waals surface area contributed by atoms with Crippen LogP contribution in [0.1, 0.15) is 5.56 Å². The maximum atomic E-state index is 11.0. The smallest absolute Gasteiger partial charge is 0.306 e. The number of benzene rings is 2. The average molecular weight is 320 g/mol. The first-order chi connectivity index (χ1) is 10.3. The molecule has 3 aromatic rings. The second-order valence-electron chi connectivity index (χ2n) is 4.79. The maximum Gasteiger partial charge on any atom is 0.326 e. The number of imidazole rings is 1. The number of hydrogen-bond donors (Lipinski definition) is 2. The topological polar surface area (TPSA) is 92.2 Å². The van der Waals surface area contributed by atoms with Gasteiger partial charge in [-0.1, -0.05) is 29.8 Å². The molecule has 3 rings (SSSR count). The van der Waals surface area contributed by atoms with Gasteiger partial charge in [0.15, 0.2) is 0 Å². The van der Waals surface area contributed by atoms with Crippen LogP contribution < -0.4 is 5.69 Å². The van der Waals surface area contributed by atoms with Crippen LogP contribution >= 0.6 is 0 Å². The number of aromatic nitrogens is 2. The average Bonchev–Trinajstić information content (AvgIpc) is 2.75. The van der Waals surface area contributed by atoms with Gasteiger partial charge >= 0.3 is 5.69 Å². The van der Waals surface area contributed by atoms with E-state index in [2.05, 4.69) is 4.98 Å². The van der Waals surface area contributed by atoms with Gasteiger partial charge in [0.2, 0.25) is 0 Å². The molecule has 2 aromatic carbocycles. The van der Waals surface area contributed by atoms with Crippen molar-refractivity contribution in [2.45, 2.75) is 11.8 Å². The summed E-state index contributed by atoms with van der Waals surface area (Å²) in [6.45, 7) is 1.84. The molecule has 22 heavy (non-hydrogen) atoms. The predicted octanol–water partition coefficient (Wildman–Crippen LogP) is 2.11. The Morgan fingerprint density at radius 3 is 2.18 bits per heavy atom. The van der Waals surface area contributed by atoms with Gasteiger partial charge in [-0.3, -0.25) is 9.12 Å². The highest BCUT2D eigenvalue weighted by Gasteiger charge is 2.06. The Morgan fingerprint density at radius 1 is 1.05 bits per heavy atom. The third kappa shape index (κ3) is 3.63. The second kappa shape index (κ2) is 6.17. The van der Waals surface area contributed by atoms with Gasteiger partial charge in [-0.25, -0.2) is 4.79 Å². The highest BCUT2D eigenvalue weighted by atomic mass is 32.2. The molecule has 7 heteroatoms. The summed E-state index contributed by atoms with van der Waals surface area (Å²) in [5, 5.41) is 0. The first-order valence-corrected chi connectivity index (χ1v) is 7.91. The van der Waals surface area contributed by atoms with E-state index in [1.54, 1.807) is 23.7 Å². The summed E-state index contributed by atoms with van der Waals surface area (Å²) >= 11 is 0. The number of nitrogens with one attached hydrogen (secondary N) is 1. The lowest BCUT2D eigenvalue weighted by Crippen LogP contribution is -2.11. The molecule has 0 spiro atoms. The Kier molecular flexibility index (Phi) is 4.48. The summed E-state index contributed by atoms with van der Waals surface area (Å²) in [7, 11) is -2.27. The zero-order valence-electron chi connectivity index (χ0n) is 12.1. The van der Waals surface area contributed by atoms with E-state index in [-0.39, 0.29) is 10.6 Å². The van der Waals surface area contributed by atoms with Gasteiger partial charge < -0.3 is 4.98 Å². The SMILES string of the molecule is Cc1ccc(S(=O)(=O)O)cc1.Cn1c(=O)[nH]c2ccccc21. The highest BCUT2D eigenvalue weighted by molar-refractivity contribution is 7.85. The Bertz CT molecular complexity index is 938. The van der Waals surface area contributed by atoms with Crippen LogP contribution in [0.3, 0.4) is 0 Å². The fourth-order valence-electron chi connectivity index (χ4n) is 1.89. The third-order valence-electron chi connectivity index (χ3n) is 3.13. The lowest BCUT2D eigenvalue weighted by Gasteiger charge is -1.95. The van der Waals surface area contributed by atoms with Gasteiger partial charge in [0.05, 0.1) is 15.9 Å². The minimum atomic E-state index is -4.02. The second-order valence-corrected chi connectivity index (χ2v) is 6.22. The van der Waals surface area contributed by atoms with Crippen molar-refractivity contribution in [3.05, 3.63) is 64.6 Å². The van der Waals surface area contributed by atoms with E-state index < -0.39 is 10.1 Å². The number of aryl methyl sites for hydroxylation is 2. The molecule has 1 heterocycles. The van der Waals surface area contributed by atoms with Crippen LogP contribution in [-0.4, -0.2) is 22.5 Å². The molecule has 0 saturated carbocycles. The minimum absolute atomic E-state index is 0.0637. The van der Waals surface area contributed by atoms with E-state index in [1.165, 1.54) is 12.1 Å². The van der Waals surface area contributed by atoms with E-state index in [0.29, 0.717) is 0 Å². The van der Waals surface area contributed by atoms with Crippen molar-refractivity contribution in [3.63, 3.8) is 0 Å². The molecule has 0 radical (unpaired) electrons. The van der Waals surface area contributed by atoms with Crippen molar-refractivity contribution < 1.29 is 13.0 Å². The zero-order valence-corrected chi connectivity index (χ0v) is 13.0. The Morgan fingerprint density at radius 2 is 1.64 bits per heavy atom. The quantitative estimate of drug-likeness (QED) is 0.672. The van der Waals surface area contributed by atoms with Gasteiger partial charge in [0.25, 0.3) is 10.1 Å². The summed E-state index contributed by atoms with van der Waals surface area (Å²) < 4.78 is 31.1. The number of fused-ring (bicyclic) bond motifs is 1. The molecule has 1 aromatic heterocycles. The lowest BCUT2D eigenvalue weighted by atomic mass is 10.2. The molecule has 0 fully saturated rings. The molecule has 0 aliphatic rings. The molecule has 0 saturated heterocycles. The van der Waals surface area contributed by atoms with E-state index in [4.69, 9.17) is 4.55 Å². The van der Waals surface area contributed by atoms with Gasteiger partial charge in [0.1, 0.15) is 0 Å². The first-order valence-electron chi connectivity index (χ1n) is 6.47. The van der Waals surface area contributed by atoms with Gasteiger partial charge in [-0.15, -0.1) is 0 Å². The summed E-state index contributed by atoms with van der Waals surface area (Å²) in [4.78, 5) is 13.7. The zero-order chi connectivity index (χ0) is 16.3. The number of nitrogens with zero attached hydrogens (tertiary/aromatic N) is 1. The van der Waals surface area contributed by atoms with E-state index in [0.717, 1.165) is 16.6 Å². The molecule has 0 unspecified atom stereocenters. The number of rotatable bonds is 1. The number of H-pyrrole nitrogens is 1. The van der Waals surface area contributed by atoms with Crippen molar-refractivity contribution in [2.75, 3.05) is 0 Å². The standard InChI is InChI=1S/C8H8N2O.C7H8O3S/c1-10-7-5-3-2-4-6(7)9-8(10)11;1-6-2-4-7(5-3-6)11(8,9)10/h2-5H,1H3,(H,9,11);2-5H,1H3,(H,8,9,10). The summed E-state index contributed by atoms with van der Waals surface area (Å²) in [6.07, 6.45) is 0. The number of aromatic amines is 1. The Hall–Kier alpha value is -2.38. The molecule has 0 aliphatic carbocycles. The van der Waals surface area contributed by atoms with E-state index >= 15 is 0 Å². The molecule has 0 amide bonds. The molecular formula is C15H16N2O4S. The normalized spacial score (nSPS) is 11.0. The molecule has 116 valence electrons. The van der Waals surface area contributed by atoms with Crippen LogP contribution in [0, 0.1) is 6.92 Å². The molecule has 2 N–H and O–H groups in total. The van der Waals surface area contributed by atoms with Crippen LogP contribution in [0.15, 0.2) is 58.2 Å². The van der Waals surface area contributed by atoms with Crippen molar-refractivity contribution in [1.29, 1.82) is 0 Å². The van der Waals surface area contributed by atoms with Crippen LogP contribution in [0.5, 0.6) is 0 Å². The minimum Gasteiger partial charge on any atom is -0.306 e. The van der Waals surface area contributed by atoms with Crippen molar-refractivity contribution in [2.24, 2.45) is 7.05 Å². The van der Waals surface area contributed by atoms with Crippen molar-refractivity contribution >= 4 is 21.2 Å². The Labute approximate surface area is 127 Å². The Balaban J connectivity index is 0.000000160. The van der Waals surface area contributed by atoms with Crippen LogP contribution in [0.25, 0.3) is 11.0 Å². The third-order valence-corrected chi connectivity index (χ3v) is 4.00. The van der Waals surface area contributed by atoms with Gasteiger partial charge in [0, 0.05) is 7.05 Å². The molecule has 0 bridgehead atoms. The molecule has 6 nitrogen and oxygen atoms in total. The van der Waals surface area contributed by atoms with E-state index in [1.807, 2.05) is 31.2 Å². The van der Waals surface area contributed by atoms with Crippen LogP contribution in [0.4, 0.5) is 0 Å². The molecule has 0 aliphatic heterocycles. The largest absolute Gasteiger partial charge is 0.326 e. The lowest BCUT2D eigenvalue weighted by molar-refractivity contribution is 0.483. The molecular weight excluding hydrogens is 304 g/mol. The van der Waals surface area contributed by atoms with Crippen LogP contribution in [-0.2, 0) is 17.2 Å². The van der Waals surface area contributed by atoms with Crippen molar-refractivity contribution in [1.82, 2.24) is 9.55 Å². The summed E-state index contributed by atoms with van der Waals surface area (Å²) in [5.41, 5.74) is 2.72. The number of para-hydroxylation sites is 2. The first kappa shape index (κ1) is 16.0. The fourth-order valence-corrected chi connectivity index (χ4v) is 2.37. The monoisotopic (exact) mass is 320 g/mol. The summed E-state index contributed by atoms with van der Waals surface area (Å²) in [5.74, 6) is 0.